The Kier molecular flexibility index (Phi) is 7.44. The van der Waals surface area contributed by atoms with Crippen LogP contribution in [0, 0.1) is 0 Å². The van der Waals surface area contributed by atoms with Crippen LogP contribution in [0.5, 0.6) is 0 Å². The zero-order valence-electron chi connectivity index (χ0n) is 14.8. The number of guanidine groups is 1. The molecule has 0 spiro atoms. The van der Waals surface area contributed by atoms with Crippen molar-refractivity contribution >= 4 is 27.6 Å². The number of aliphatic imine (C=N–C) groups is 1. The molecule has 0 aromatic heterocycles. The minimum Gasteiger partial charge on any atom is -0.357 e. The Hall–Kier alpha value is -2.09. The third-order valence-corrected chi connectivity index (χ3v) is 5.28. The molecule has 0 aliphatic heterocycles. The van der Waals surface area contributed by atoms with Gasteiger partial charge in [0.25, 0.3) is 0 Å². The van der Waals surface area contributed by atoms with Crippen molar-refractivity contribution in [1.82, 2.24) is 15.4 Å². The third-order valence-electron chi connectivity index (χ3n) is 3.62. The number of hydrogen-bond acceptors (Lipinski definition) is 3. The van der Waals surface area contributed by atoms with Gasteiger partial charge in [0, 0.05) is 18.1 Å². The number of rotatable bonds is 7. The lowest BCUT2D eigenvalue weighted by molar-refractivity contribution is 0.588. The zero-order valence-corrected chi connectivity index (χ0v) is 16.4. The van der Waals surface area contributed by atoms with Crippen LogP contribution in [0.25, 0.3) is 0 Å². The topological polar surface area (TPSA) is 82.6 Å². The van der Waals surface area contributed by atoms with Gasteiger partial charge in [0.05, 0.1) is 11.4 Å². The lowest BCUT2D eigenvalue weighted by Crippen LogP contribution is -2.36. The van der Waals surface area contributed by atoms with Crippen molar-refractivity contribution in [3.05, 3.63) is 64.7 Å². The zero-order chi connectivity index (χ0) is 19.0. The molecule has 0 aliphatic rings. The van der Waals surface area contributed by atoms with E-state index in [1.54, 1.807) is 24.3 Å². The van der Waals surface area contributed by atoms with Crippen LogP contribution in [0.3, 0.4) is 0 Å². The highest BCUT2D eigenvalue weighted by Gasteiger charge is 2.10. The third kappa shape index (κ3) is 6.01. The first-order valence-electron chi connectivity index (χ1n) is 8.23. The van der Waals surface area contributed by atoms with Crippen LogP contribution in [0.2, 0.25) is 5.02 Å². The van der Waals surface area contributed by atoms with Gasteiger partial charge in [-0.05, 0) is 49.4 Å². The van der Waals surface area contributed by atoms with Crippen LogP contribution >= 0.6 is 11.6 Å². The van der Waals surface area contributed by atoms with Crippen LogP contribution in [0.4, 0.5) is 0 Å². The second kappa shape index (κ2) is 9.56. The highest BCUT2D eigenvalue weighted by molar-refractivity contribution is 7.89. The van der Waals surface area contributed by atoms with Gasteiger partial charge in [-0.25, -0.2) is 18.1 Å². The SMILES string of the molecule is CCNC(=NCc1cccc(Cl)c1)NCc1ccc(S(=O)(=O)NC)cc1. The van der Waals surface area contributed by atoms with E-state index in [-0.39, 0.29) is 4.90 Å². The van der Waals surface area contributed by atoms with Crippen LogP contribution in [0.1, 0.15) is 18.1 Å². The van der Waals surface area contributed by atoms with E-state index in [1.165, 1.54) is 7.05 Å². The van der Waals surface area contributed by atoms with Gasteiger partial charge < -0.3 is 10.6 Å². The summed E-state index contributed by atoms with van der Waals surface area (Å²) in [5, 5.41) is 7.10. The summed E-state index contributed by atoms with van der Waals surface area (Å²) >= 11 is 5.99. The van der Waals surface area contributed by atoms with Crippen LogP contribution in [0.15, 0.2) is 58.4 Å². The highest BCUT2D eigenvalue weighted by Crippen LogP contribution is 2.12. The van der Waals surface area contributed by atoms with Crippen molar-refractivity contribution in [1.29, 1.82) is 0 Å². The molecule has 0 amide bonds. The number of benzene rings is 2. The lowest BCUT2D eigenvalue weighted by atomic mass is 10.2. The van der Waals surface area contributed by atoms with Crippen LogP contribution in [-0.2, 0) is 23.1 Å². The summed E-state index contributed by atoms with van der Waals surface area (Å²) in [6.45, 7) is 3.77. The fourth-order valence-corrected chi connectivity index (χ4v) is 3.18. The maximum atomic E-state index is 11.7. The van der Waals surface area contributed by atoms with Crippen molar-refractivity contribution in [2.24, 2.45) is 4.99 Å². The van der Waals surface area contributed by atoms with E-state index in [9.17, 15) is 8.42 Å². The van der Waals surface area contributed by atoms with Crippen molar-refractivity contribution < 1.29 is 8.42 Å². The van der Waals surface area contributed by atoms with Gasteiger partial charge in [0.2, 0.25) is 10.0 Å². The van der Waals surface area contributed by atoms with E-state index < -0.39 is 10.0 Å². The van der Waals surface area contributed by atoms with Crippen molar-refractivity contribution in [3.63, 3.8) is 0 Å². The Bertz CT molecular complexity index is 852. The first-order chi connectivity index (χ1) is 12.4. The molecule has 26 heavy (non-hydrogen) atoms. The summed E-state index contributed by atoms with van der Waals surface area (Å²) in [4.78, 5) is 4.78. The van der Waals surface area contributed by atoms with Crippen LogP contribution < -0.4 is 15.4 Å². The molecule has 3 N–H and O–H groups in total. The molecular formula is C18H23ClN4O2S. The lowest BCUT2D eigenvalue weighted by Gasteiger charge is -2.12. The van der Waals surface area contributed by atoms with Crippen molar-refractivity contribution in [2.45, 2.75) is 24.9 Å². The molecule has 2 aromatic rings. The van der Waals surface area contributed by atoms with Gasteiger partial charge in [-0.2, -0.15) is 0 Å². The normalized spacial score (nSPS) is 12.0. The number of hydrogen-bond donors (Lipinski definition) is 3. The monoisotopic (exact) mass is 394 g/mol. The minimum atomic E-state index is -3.41. The summed E-state index contributed by atoms with van der Waals surface area (Å²) in [5.74, 6) is 0.680. The Morgan fingerprint density at radius 2 is 1.81 bits per heavy atom. The average molecular weight is 395 g/mol. The van der Waals surface area contributed by atoms with Gasteiger partial charge in [-0.3, -0.25) is 0 Å². The molecule has 0 saturated heterocycles. The summed E-state index contributed by atoms with van der Waals surface area (Å²) in [6, 6.07) is 14.3. The Labute approximate surface area is 159 Å². The first kappa shape index (κ1) is 20.2. The molecule has 6 nitrogen and oxygen atoms in total. The van der Waals surface area contributed by atoms with Crippen LogP contribution in [-0.4, -0.2) is 28.0 Å². The standard InChI is InChI=1S/C18H23ClN4O2S/c1-3-21-18(23-13-15-5-4-6-16(19)11-15)22-12-14-7-9-17(10-8-14)26(24,25)20-2/h4-11,20H,3,12-13H2,1-2H3,(H2,21,22,23). The van der Waals surface area contributed by atoms with E-state index >= 15 is 0 Å². The molecule has 0 unspecified atom stereocenters. The van der Waals surface area contributed by atoms with E-state index in [0.717, 1.165) is 17.7 Å². The molecule has 0 radical (unpaired) electrons. The Balaban J connectivity index is 2.00. The van der Waals surface area contributed by atoms with Gasteiger partial charge in [0.1, 0.15) is 0 Å². The van der Waals surface area contributed by atoms with Crippen molar-refractivity contribution in [3.8, 4) is 0 Å². The molecule has 2 aromatic carbocycles. The predicted octanol–water partition coefficient (Wildman–Crippen LogP) is 2.50. The average Bonchev–Trinajstić information content (AvgIpc) is 2.64. The fourth-order valence-electron chi connectivity index (χ4n) is 2.24. The number of nitrogens with one attached hydrogen (secondary N) is 3. The number of halogens is 1. The predicted molar refractivity (Wildman–Crippen MR) is 106 cm³/mol. The maximum Gasteiger partial charge on any atom is 0.240 e. The summed E-state index contributed by atoms with van der Waals surface area (Å²) in [5.41, 5.74) is 1.98. The van der Waals surface area contributed by atoms with Gasteiger partial charge in [-0.1, -0.05) is 35.9 Å². The summed E-state index contributed by atoms with van der Waals surface area (Å²) < 4.78 is 25.8. The van der Waals surface area contributed by atoms with E-state index in [4.69, 9.17) is 11.6 Å². The molecule has 0 atom stereocenters. The first-order valence-corrected chi connectivity index (χ1v) is 10.1. The molecule has 0 heterocycles. The number of nitrogens with zero attached hydrogens (tertiary/aromatic N) is 1. The summed E-state index contributed by atoms with van der Waals surface area (Å²) in [6.07, 6.45) is 0. The highest BCUT2D eigenvalue weighted by atomic mass is 35.5. The molecule has 0 aliphatic carbocycles. The molecular weight excluding hydrogens is 372 g/mol. The molecule has 2 rings (SSSR count). The van der Waals surface area contributed by atoms with Gasteiger partial charge in [-0.15, -0.1) is 0 Å². The maximum absolute atomic E-state index is 11.7. The van der Waals surface area contributed by atoms with E-state index in [0.29, 0.717) is 24.1 Å². The molecule has 0 fully saturated rings. The second-order valence-electron chi connectivity index (χ2n) is 5.53. The quantitative estimate of drug-likeness (QED) is 0.497. The van der Waals surface area contributed by atoms with E-state index in [1.807, 2.05) is 31.2 Å². The summed E-state index contributed by atoms with van der Waals surface area (Å²) in [7, 11) is -2.02. The largest absolute Gasteiger partial charge is 0.357 e. The Morgan fingerprint density at radius 1 is 1.08 bits per heavy atom. The van der Waals surface area contributed by atoms with Crippen molar-refractivity contribution in [2.75, 3.05) is 13.6 Å². The van der Waals surface area contributed by atoms with Gasteiger partial charge >= 0.3 is 0 Å². The minimum absolute atomic E-state index is 0.241. The van der Waals surface area contributed by atoms with E-state index in [2.05, 4.69) is 20.3 Å². The molecule has 8 heteroatoms. The van der Waals surface area contributed by atoms with Gasteiger partial charge in [0.15, 0.2) is 5.96 Å². The fraction of sp³-hybridized carbons (Fsp3) is 0.278. The molecule has 140 valence electrons. The smallest absolute Gasteiger partial charge is 0.240 e. The Morgan fingerprint density at radius 3 is 2.42 bits per heavy atom. The second-order valence-corrected chi connectivity index (χ2v) is 7.85. The molecule has 0 bridgehead atoms. The number of sulfonamides is 1. The molecule has 0 saturated carbocycles.